The second-order valence-corrected chi connectivity index (χ2v) is 26.3. The Labute approximate surface area is 620 Å². The molecule has 9 N–H and O–H groups in total. The molecule has 0 aliphatic carbocycles. The number of rotatable bonds is 57. The fourth-order valence-electron chi connectivity index (χ4n) is 11.1. The highest BCUT2D eigenvalue weighted by molar-refractivity contribution is 6.29. The molecular formula is C67H101Cl2F6N11O20. The van der Waals surface area contributed by atoms with Crippen LogP contribution in [-0.2, 0) is 69.4 Å². The second kappa shape index (κ2) is 50.5. The first kappa shape index (κ1) is 90.4. The number of benzene rings is 1. The molecule has 0 spiro atoms. The van der Waals surface area contributed by atoms with Crippen molar-refractivity contribution in [2.45, 2.75) is 202 Å². The van der Waals surface area contributed by atoms with Crippen LogP contribution in [-0.4, -0.2) is 241 Å². The van der Waals surface area contributed by atoms with Gasteiger partial charge in [0.2, 0.25) is 23.5 Å². The number of ketones is 1. The summed E-state index contributed by atoms with van der Waals surface area (Å²) in [6.07, 6.45) is 0.928. The normalized spacial score (nSPS) is 19.4. The molecule has 0 saturated carbocycles. The van der Waals surface area contributed by atoms with Crippen LogP contribution in [0.15, 0.2) is 30.3 Å². The number of nitrogens with zero attached hydrogens (tertiary/aromatic N) is 6. The van der Waals surface area contributed by atoms with Gasteiger partial charge in [-0.25, -0.2) is 19.9 Å². The molecule has 2 aromatic heterocycles. The number of halogens is 8. The highest BCUT2D eigenvalue weighted by Gasteiger charge is 2.42. The van der Waals surface area contributed by atoms with Crippen molar-refractivity contribution in [3.05, 3.63) is 72.5 Å². The Morgan fingerprint density at radius 2 is 0.981 bits per heavy atom. The lowest BCUT2D eigenvalue weighted by Crippen LogP contribution is -2.57. The largest absolute Gasteiger partial charge is 0.451 e. The molecule has 2 saturated heterocycles. The summed E-state index contributed by atoms with van der Waals surface area (Å²) in [7, 11) is 0. The van der Waals surface area contributed by atoms with Crippen molar-refractivity contribution in [1.82, 2.24) is 30.6 Å². The van der Waals surface area contributed by atoms with Crippen LogP contribution < -0.4 is 26.6 Å². The standard InChI is InChI=1S/C67H101Cl2F6N11O20/c68-54-36-56(83-64(81-54)66(70,71)72)79-49-40-105-52(62(92)60(49)90)42-100-26-17-13-9-5-1-3-7-11-15-19-47(87)22-28-102-38-45(78-59(89)44-104-34-33-99-32-31-98-30-25-76-48-21-20-46(85(94)95)35-51(48)86(96)97)39-103-29-23-58(88)77-24-16-12-8-4-2-6-10-14-18-27-101-43-53-63(93)61(91)50(41-106-53)80-57-37-55(69)82-65(84-57)67(73,74)75/h20-21,35-37,45,49-50,52-53,60-63,76,90-93H,1-19,22-34,38-44H2,(H,77,88)(H,78,89)(H,79,81,83)(H,80,82,84)/t45?,49-,50-,52+,53+,60+,61+,62-,63-/m0/s1. The zero-order chi connectivity index (χ0) is 77.1. The third-order valence-corrected chi connectivity index (χ3v) is 17.2. The predicted molar refractivity (Wildman–Crippen MR) is 373 cm³/mol. The Kier molecular flexibility index (Phi) is 43.1. The van der Waals surface area contributed by atoms with E-state index >= 15 is 0 Å². The topological polar surface area (TPSA) is 413 Å². The molecule has 600 valence electrons. The molecule has 2 aliphatic heterocycles. The van der Waals surface area contributed by atoms with E-state index in [0.29, 0.717) is 26.2 Å². The van der Waals surface area contributed by atoms with Gasteiger partial charge >= 0.3 is 12.4 Å². The monoisotopic (exact) mass is 1560 g/mol. The van der Waals surface area contributed by atoms with E-state index in [1.807, 2.05) is 0 Å². The zero-order valence-electron chi connectivity index (χ0n) is 59.2. The van der Waals surface area contributed by atoms with Crippen LogP contribution in [0, 0.1) is 20.2 Å². The summed E-state index contributed by atoms with van der Waals surface area (Å²) in [5.74, 6) is -4.03. The van der Waals surface area contributed by atoms with E-state index in [-0.39, 0.29) is 141 Å². The zero-order valence-corrected chi connectivity index (χ0v) is 60.7. The number of alkyl halides is 6. The third kappa shape index (κ3) is 36.8. The molecule has 0 radical (unpaired) electrons. The van der Waals surface area contributed by atoms with Gasteiger partial charge in [0.05, 0.1) is 120 Å². The van der Waals surface area contributed by atoms with Crippen molar-refractivity contribution in [3.8, 4) is 0 Å². The fourth-order valence-corrected chi connectivity index (χ4v) is 11.5. The van der Waals surface area contributed by atoms with Crippen LogP contribution in [0.2, 0.25) is 10.3 Å². The maximum absolute atomic E-state index is 13.1. The van der Waals surface area contributed by atoms with E-state index in [1.165, 1.54) is 6.07 Å². The number of nitrogens with one attached hydrogen (secondary N) is 5. The van der Waals surface area contributed by atoms with Crippen LogP contribution >= 0.6 is 23.2 Å². The van der Waals surface area contributed by atoms with Gasteiger partial charge in [0.1, 0.15) is 76.6 Å². The SMILES string of the molecule is O=C(CCCCCCCCCCCOC[C@H]1OC[C@H](Nc2cc(Cl)nc(C(F)(F)F)n2)[C@@H](O)[C@H]1O)CCOCC(COCCC(=O)NCCCCCCCCCCCOC[C@H]1OC[C@H](Nc2cc(Cl)nc(C(F)(F)F)n2)[C@@H](O)[C@H]1O)NC(=O)COCCOCCOCCNc1ccc([N+](=O)[O-])cc1[N+](=O)[O-]. The van der Waals surface area contributed by atoms with Gasteiger partial charge in [0, 0.05) is 63.8 Å². The molecule has 2 amide bonds. The minimum atomic E-state index is -4.83. The molecule has 5 rings (SSSR count). The van der Waals surface area contributed by atoms with Crippen molar-refractivity contribution in [1.29, 1.82) is 0 Å². The number of carbonyl (C=O) groups excluding carboxylic acids is 3. The molecule has 2 fully saturated rings. The van der Waals surface area contributed by atoms with E-state index < -0.39 is 116 Å². The van der Waals surface area contributed by atoms with Crippen LogP contribution in [0.1, 0.15) is 146 Å². The Balaban J connectivity index is 0.865. The number of unbranched alkanes of at least 4 members (excludes halogenated alkanes) is 16. The van der Waals surface area contributed by atoms with Gasteiger partial charge in [-0.05, 0) is 31.7 Å². The second-order valence-electron chi connectivity index (χ2n) is 25.5. The quantitative estimate of drug-likeness (QED) is 0.00840. The Hall–Kier alpha value is -6.17. The molecule has 1 unspecified atom stereocenters. The van der Waals surface area contributed by atoms with E-state index in [2.05, 4.69) is 46.5 Å². The van der Waals surface area contributed by atoms with Crippen molar-refractivity contribution >= 4 is 69.5 Å². The number of nitro groups is 2. The smallest absolute Gasteiger partial charge is 0.388 e. The molecule has 2 aliphatic rings. The number of nitro benzene ring substituents is 2. The van der Waals surface area contributed by atoms with Gasteiger partial charge in [0.25, 0.3) is 11.4 Å². The van der Waals surface area contributed by atoms with Crippen molar-refractivity contribution in [2.75, 3.05) is 135 Å². The number of aromatic nitrogens is 4. The lowest BCUT2D eigenvalue weighted by molar-refractivity contribution is -0.393. The highest BCUT2D eigenvalue weighted by atomic mass is 35.5. The molecule has 1 aromatic carbocycles. The number of hydrogen-bond acceptors (Lipinski definition) is 27. The predicted octanol–water partition coefficient (Wildman–Crippen LogP) is 8.52. The third-order valence-electron chi connectivity index (χ3n) is 16.9. The molecule has 4 heterocycles. The molecule has 39 heteroatoms. The fraction of sp³-hybridized carbons (Fsp3) is 0.746. The summed E-state index contributed by atoms with van der Waals surface area (Å²) < 4.78 is 130. The minimum Gasteiger partial charge on any atom is -0.388 e. The summed E-state index contributed by atoms with van der Waals surface area (Å²) in [6.45, 7) is 2.02. The average Bonchev–Trinajstić information content (AvgIpc) is 0.821. The van der Waals surface area contributed by atoms with E-state index in [4.69, 9.17) is 65.8 Å². The van der Waals surface area contributed by atoms with Crippen LogP contribution in [0.3, 0.4) is 0 Å². The van der Waals surface area contributed by atoms with E-state index in [1.54, 1.807) is 0 Å². The van der Waals surface area contributed by atoms with Gasteiger partial charge in [-0.3, -0.25) is 34.6 Å². The maximum Gasteiger partial charge on any atom is 0.451 e. The van der Waals surface area contributed by atoms with Crippen molar-refractivity contribution < 1.29 is 114 Å². The van der Waals surface area contributed by atoms with E-state index in [9.17, 15) is 81.4 Å². The molecule has 106 heavy (non-hydrogen) atoms. The number of anilines is 3. The molecule has 3 aromatic rings. The van der Waals surface area contributed by atoms with Crippen LogP contribution in [0.25, 0.3) is 0 Å². The van der Waals surface area contributed by atoms with Gasteiger partial charge < -0.3 is 89.6 Å². The number of amides is 2. The van der Waals surface area contributed by atoms with Crippen LogP contribution in [0.5, 0.6) is 0 Å². The Morgan fingerprint density at radius 3 is 1.47 bits per heavy atom. The average molecular weight is 1570 g/mol. The van der Waals surface area contributed by atoms with Crippen molar-refractivity contribution in [3.63, 3.8) is 0 Å². The number of carbonyl (C=O) groups is 3. The summed E-state index contributed by atoms with van der Waals surface area (Å²) in [4.78, 5) is 72.4. The minimum absolute atomic E-state index is 0.0181. The van der Waals surface area contributed by atoms with Gasteiger partial charge in [0.15, 0.2) is 0 Å². The van der Waals surface area contributed by atoms with Gasteiger partial charge in [-0.15, -0.1) is 0 Å². The first-order valence-electron chi connectivity index (χ1n) is 35.8. The number of ether oxygens (including phenoxy) is 9. The number of hydrogen-bond donors (Lipinski definition) is 9. The number of Topliss-reactive ketones (excluding diaryl/α,β-unsaturated/α-hetero) is 1. The number of aliphatic hydroxyl groups excluding tert-OH is 4. The van der Waals surface area contributed by atoms with Gasteiger partial charge in [-0.2, -0.15) is 26.3 Å². The summed E-state index contributed by atoms with van der Waals surface area (Å²) in [5.41, 5.74) is -0.733. The first-order chi connectivity index (χ1) is 50.8. The number of aliphatic hydroxyl groups is 4. The molecule has 0 bridgehead atoms. The molecule has 31 nitrogen and oxygen atoms in total. The Bertz CT molecular complexity index is 3060. The van der Waals surface area contributed by atoms with Gasteiger partial charge in [-0.1, -0.05) is 113 Å². The highest BCUT2D eigenvalue weighted by Crippen LogP contribution is 2.32. The summed E-state index contributed by atoms with van der Waals surface area (Å²) in [6, 6.07) is 2.88. The first-order valence-corrected chi connectivity index (χ1v) is 36.5. The maximum atomic E-state index is 13.1. The van der Waals surface area contributed by atoms with Crippen LogP contribution in [0.4, 0.5) is 55.0 Å². The molecular weight excluding hydrogens is 1460 g/mol. The summed E-state index contributed by atoms with van der Waals surface area (Å²) >= 11 is 11.4. The Morgan fingerprint density at radius 1 is 0.519 bits per heavy atom. The van der Waals surface area contributed by atoms with E-state index in [0.717, 1.165) is 140 Å². The number of non-ortho nitro benzene ring substituents is 1. The lowest BCUT2D eigenvalue weighted by atomic mass is 9.98. The summed E-state index contributed by atoms with van der Waals surface area (Å²) in [5, 5.41) is 77.8. The van der Waals surface area contributed by atoms with Crippen molar-refractivity contribution in [2.24, 2.45) is 0 Å². The molecule has 9 atom stereocenters. The lowest BCUT2D eigenvalue weighted by Gasteiger charge is -2.38.